The van der Waals surface area contributed by atoms with Crippen LogP contribution in [0.25, 0.3) is 22.4 Å². The average Bonchev–Trinajstić information content (AvgIpc) is 2.95. The van der Waals surface area contributed by atoms with E-state index in [1.807, 2.05) is 12.1 Å². The average molecular weight is 428 g/mol. The van der Waals surface area contributed by atoms with Crippen LogP contribution in [0.15, 0.2) is 36.4 Å². The molecular formula is C15H12Br2N2OS. The van der Waals surface area contributed by atoms with Gasteiger partial charge in [0.15, 0.2) is 0 Å². The number of nitrogens with zero attached hydrogens (tertiary/aromatic N) is 1. The van der Waals surface area contributed by atoms with Crippen molar-refractivity contribution < 1.29 is 4.52 Å². The van der Waals surface area contributed by atoms with E-state index in [4.69, 9.17) is 10.3 Å². The Bertz CT molecular complexity index is 823. The minimum Gasteiger partial charge on any atom is -0.367 e. The predicted octanol–water partition coefficient (Wildman–Crippen LogP) is 5.79. The number of thiophene rings is 1. The Kier molecular flexibility index (Phi) is 3.94. The van der Waals surface area contributed by atoms with Crippen molar-refractivity contribution in [2.45, 2.75) is 13.8 Å². The van der Waals surface area contributed by atoms with Gasteiger partial charge in [-0.25, -0.2) is 0 Å². The van der Waals surface area contributed by atoms with Gasteiger partial charge in [0, 0.05) is 5.56 Å². The number of benzene rings is 1. The molecule has 0 bridgehead atoms. The van der Waals surface area contributed by atoms with E-state index in [0.29, 0.717) is 5.88 Å². The summed E-state index contributed by atoms with van der Waals surface area (Å²) in [7, 11) is 0. The molecule has 21 heavy (non-hydrogen) atoms. The molecule has 0 amide bonds. The highest BCUT2D eigenvalue weighted by molar-refractivity contribution is 9.12. The summed E-state index contributed by atoms with van der Waals surface area (Å²) >= 11 is 8.64. The fourth-order valence-electron chi connectivity index (χ4n) is 2.16. The fourth-order valence-corrected chi connectivity index (χ4v) is 4.97. The van der Waals surface area contributed by atoms with Crippen molar-refractivity contribution in [2.24, 2.45) is 0 Å². The van der Waals surface area contributed by atoms with Gasteiger partial charge in [0.05, 0.1) is 13.1 Å². The van der Waals surface area contributed by atoms with Crippen LogP contribution in [0, 0.1) is 13.8 Å². The van der Waals surface area contributed by atoms with Crippen molar-refractivity contribution in [3.63, 3.8) is 0 Å². The largest absolute Gasteiger partial charge is 0.367 e. The monoisotopic (exact) mass is 426 g/mol. The number of halogens is 2. The molecule has 1 aromatic carbocycles. The molecule has 3 aromatic rings. The molecule has 0 aliphatic rings. The maximum atomic E-state index is 6.00. The molecule has 6 heteroatoms. The summed E-state index contributed by atoms with van der Waals surface area (Å²) in [6.45, 7) is 4.17. The summed E-state index contributed by atoms with van der Waals surface area (Å²) in [4.78, 5) is 0. The summed E-state index contributed by atoms with van der Waals surface area (Å²) in [5.41, 5.74) is 12.0. The molecule has 0 aliphatic heterocycles. The number of aromatic nitrogens is 1. The summed E-state index contributed by atoms with van der Waals surface area (Å²) in [6, 6.07) is 8.25. The molecule has 0 aliphatic carbocycles. The lowest BCUT2D eigenvalue weighted by Gasteiger charge is -2.05. The van der Waals surface area contributed by atoms with Crippen LogP contribution < -0.4 is 5.73 Å². The molecule has 2 aromatic heterocycles. The SMILES string of the molecule is Cc1ccc(-c2c(-c3cc(Br)sc3Br)noc2N)cc1C. The van der Waals surface area contributed by atoms with E-state index in [1.54, 1.807) is 11.3 Å². The zero-order valence-electron chi connectivity index (χ0n) is 11.4. The third-order valence-electron chi connectivity index (χ3n) is 3.43. The highest BCUT2D eigenvalue weighted by atomic mass is 79.9. The van der Waals surface area contributed by atoms with Gasteiger partial charge in [0.1, 0.15) is 5.69 Å². The number of nitrogens with two attached hydrogens (primary N) is 1. The van der Waals surface area contributed by atoms with Gasteiger partial charge in [-0.3, -0.25) is 0 Å². The fraction of sp³-hybridized carbons (Fsp3) is 0.133. The molecule has 2 heterocycles. The van der Waals surface area contributed by atoms with Gasteiger partial charge in [-0.1, -0.05) is 23.4 Å². The first-order chi connectivity index (χ1) is 9.97. The van der Waals surface area contributed by atoms with Crippen molar-refractivity contribution in [1.82, 2.24) is 5.16 Å². The standard InChI is InChI=1S/C15H12Br2N2OS/c1-7-3-4-9(5-8(7)2)12-13(19-20-15(12)18)10-6-11(16)21-14(10)17/h3-6H,18H2,1-2H3. The lowest BCUT2D eigenvalue weighted by Crippen LogP contribution is -1.89. The van der Waals surface area contributed by atoms with Crippen LogP contribution in [0.4, 0.5) is 5.88 Å². The van der Waals surface area contributed by atoms with E-state index < -0.39 is 0 Å². The van der Waals surface area contributed by atoms with Gasteiger partial charge in [-0.15, -0.1) is 11.3 Å². The smallest absolute Gasteiger partial charge is 0.230 e. The molecule has 3 nitrogen and oxygen atoms in total. The summed E-state index contributed by atoms with van der Waals surface area (Å²) < 4.78 is 7.25. The van der Waals surface area contributed by atoms with Crippen LogP contribution in [0.2, 0.25) is 0 Å². The number of rotatable bonds is 2. The minimum absolute atomic E-state index is 0.336. The van der Waals surface area contributed by atoms with Gasteiger partial charge in [-0.05, 0) is 68.5 Å². The molecule has 0 saturated carbocycles. The van der Waals surface area contributed by atoms with Crippen LogP contribution >= 0.6 is 43.2 Å². The molecule has 108 valence electrons. The van der Waals surface area contributed by atoms with E-state index in [2.05, 4.69) is 63.0 Å². The number of anilines is 1. The van der Waals surface area contributed by atoms with Gasteiger partial charge in [0.25, 0.3) is 0 Å². The van der Waals surface area contributed by atoms with Crippen molar-refractivity contribution >= 4 is 49.1 Å². The van der Waals surface area contributed by atoms with Crippen LogP contribution in [0.5, 0.6) is 0 Å². The Labute approximate surface area is 143 Å². The van der Waals surface area contributed by atoms with Crippen LogP contribution in [0.3, 0.4) is 0 Å². The first kappa shape index (κ1) is 14.8. The molecule has 0 saturated heterocycles. The Hall–Kier alpha value is -1.11. The lowest BCUT2D eigenvalue weighted by molar-refractivity contribution is 0.439. The molecule has 0 radical (unpaired) electrons. The molecule has 0 spiro atoms. The molecular weight excluding hydrogens is 416 g/mol. The quantitative estimate of drug-likeness (QED) is 0.562. The van der Waals surface area contributed by atoms with Gasteiger partial charge in [0.2, 0.25) is 5.88 Å². The first-order valence-corrected chi connectivity index (χ1v) is 8.65. The van der Waals surface area contributed by atoms with Gasteiger partial charge in [-0.2, -0.15) is 0 Å². The van der Waals surface area contributed by atoms with Gasteiger partial charge >= 0.3 is 0 Å². The molecule has 0 unspecified atom stereocenters. The zero-order valence-corrected chi connectivity index (χ0v) is 15.4. The predicted molar refractivity (Wildman–Crippen MR) is 94.5 cm³/mol. The van der Waals surface area contributed by atoms with E-state index in [0.717, 1.165) is 30.0 Å². The summed E-state index contributed by atoms with van der Waals surface area (Å²) in [5.74, 6) is 0.336. The maximum absolute atomic E-state index is 6.00. The van der Waals surface area contributed by atoms with Crippen LogP contribution in [-0.4, -0.2) is 5.16 Å². The van der Waals surface area contributed by atoms with Crippen molar-refractivity contribution in [1.29, 1.82) is 0 Å². The van der Waals surface area contributed by atoms with E-state index in [1.165, 1.54) is 11.1 Å². The number of hydrogen-bond donors (Lipinski definition) is 1. The van der Waals surface area contributed by atoms with Crippen molar-refractivity contribution in [3.8, 4) is 22.4 Å². The molecule has 0 atom stereocenters. The second-order valence-corrected chi connectivity index (χ2v) is 8.56. The maximum Gasteiger partial charge on any atom is 0.230 e. The van der Waals surface area contributed by atoms with Gasteiger partial charge < -0.3 is 10.3 Å². The topological polar surface area (TPSA) is 52.0 Å². The second kappa shape index (κ2) is 5.59. The first-order valence-electron chi connectivity index (χ1n) is 6.25. The summed E-state index contributed by atoms with van der Waals surface area (Å²) in [6.07, 6.45) is 0. The van der Waals surface area contributed by atoms with Crippen molar-refractivity contribution in [2.75, 3.05) is 5.73 Å². The van der Waals surface area contributed by atoms with Crippen molar-refractivity contribution in [3.05, 3.63) is 43.0 Å². The Morgan fingerprint density at radius 3 is 2.52 bits per heavy atom. The third kappa shape index (κ3) is 2.67. The van der Waals surface area contributed by atoms with Crippen LogP contribution in [0.1, 0.15) is 11.1 Å². The second-order valence-electron chi connectivity index (χ2n) is 4.81. The van der Waals surface area contributed by atoms with E-state index in [9.17, 15) is 0 Å². The zero-order chi connectivity index (χ0) is 15.1. The Morgan fingerprint density at radius 1 is 1.14 bits per heavy atom. The number of aryl methyl sites for hydroxylation is 2. The molecule has 3 rings (SSSR count). The van der Waals surface area contributed by atoms with Crippen LogP contribution in [-0.2, 0) is 0 Å². The normalized spacial score (nSPS) is 11.0. The summed E-state index contributed by atoms with van der Waals surface area (Å²) in [5, 5.41) is 4.14. The van der Waals surface area contributed by atoms with E-state index in [-0.39, 0.29) is 0 Å². The number of hydrogen-bond acceptors (Lipinski definition) is 4. The highest BCUT2D eigenvalue weighted by Crippen LogP contribution is 2.43. The lowest BCUT2D eigenvalue weighted by atomic mass is 9.99. The van der Waals surface area contributed by atoms with E-state index >= 15 is 0 Å². The number of nitrogen functional groups attached to an aromatic ring is 1. The minimum atomic E-state index is 0.336. The molecule has 0 fully saturated rings. The molecule has 2 N–H and O–H groups in total. The Morgan fingerprint density at radius 2 is 1.90 bits per heavy atom. The third-order valence-corrected chi connectivity index (χ3v) is 5.77. The Balaban J connectivity index is 2.21. The highest BCUT2D eigenvalue weighted by Gasteiger charge is 2.21.